The Bertz CT molecular complexity index is 317. The first kappa shape index (κ1) is 14.5. The van der Waals surface area contributed by atoms with Gasteiger partial charge in [-0.2, -0.15) is 0 Å². The molecule has 0 aliphatic carbocycles. The molecule has 1 saturated heterocycles. The fourth-order valence-electron chi connectivity index (χ4n) is 1.79. The molecule has 0 spiro atoms. The standard InChI is InChI=1S/C12H20N2O4/c1-2-18-11(16)7-6-10(15)14-9-5-3-4-8-13-12(9)17/h9H,2-8H2,1H3,(H,13,17)(H,14,15). The van der Waals surface area contributed by atoms with E-state index in [-0.39, 0.29) is 24.7 Å². The Hall–Kier alpha value is -1.59. The zero-order chi connectivity index (χ0) is 13.4. The van der Waals surface area contributed by atoms with Gasteiger partial charge in [0, 0.05) is 13.0 Å². The smallest absolute Gasteiger partial charge is 0.306 e. The molecule has 0 saturated carbocycles. The molecular weight excluding hydrogens is 236 g/mol. The van der Waals surface area contributed by atoms with Gasteiger partial charge in [-0.25, -0.2) is 0 Å². The van der Waals surface area contributed by atoms with E-state index < -0.39 is 12.0 Å². The molecule has 1 unspecified atom stereocenters. The number of nitrogens with one attached hydrogen (secondary N) is 2. The van der Waals surface area contributed by atoms with Crippen molar-refractivity contribution in [3.63, 3.8) is 0 Å². The second-order valence-electron chi connectivity index (χ2n) is 4.21. The second kappa shape index (κ2) is 7.68. The lowest BCUT2D eigenvalue weighted by atomic mass is 10.1. The van der Waals surface area contributed by atoms with Crippen LogP contribution < -0.4 is 10.6 Å². The molecule has 0 aromatic carbocycles. The number of carbonyl (C=O) groups is 3. The zero-order valence-electron chi connectivity index (χ0n) is 10.7. The average molecular weight is 256 g/mol. The number of hydrogen-bond donors (Lipinski definition) is 2. The van der Waals surface area contributed by atoms with Crippen LogP contribution in [0.4, 0.5) is 0 Å². The summed E-state index contributed by atoms with van der Waals surface area (Å²) in [6.45, 7) is 2.69. The Morgan fingerprint density at radius 1 is 1.39 bits per heavy atom. The molecule has 1 aliphatic rings. The summed E-state index contributed by atoms with van der Waals surface area (Å²) in [7, 11) is 0. The molecule has 0 aromatic heterocycles. The molecule has 2 amide bonds. The predicted molar refractivity (Wildman–Crippen MR) is 64.7 cm³/mol. The Labute approximate surface area is 106 Å². The lowest BCUT2D eigenvalue weighted by molar-refractivity contribution is -0.144. The molecule has 18 heavy (non-hydrogen) atoms. The van der Waals surface area contributed by atoms with Crippen LogP contribution in [-0.2, 0) is 19.1 Å². The lowest BCUT2D eigenvalue weighted by Gasteiger charge is -2.14. The molecule has 102 valence electrons. The van der Waals surface area contributed by atoms with Crippen molar-refractivity contribution in [3.05, 3.63) is 0 Å². The van der Waals surface area contributed by atoms with Gasteiger partial charge in [0.15, 0.2) is 0 Å². The SMILES string of the molecule is CCOC(=O)CCC(=O)NC1CCCCNC1=O. The van der Waals surface area contributed by atoms with Gasteiger partial charge in [0.1, 0.15) is 6.04 Å². The van der Waals surface area contributed by atoms with Gasteiger partial charge in [-0.05, 0) is 26.2 Å². The van der Waals surface area contributed by atoms with Crippen molar-refractivity contribution >= 4 is 17.8 Å². The van der Waals surface area contributed by atoms with Crippen molar-refractivity contribution in [3.8, 4) is 0 Å². The molecule has 2 N–H and O–H groups in total. The van der Waals surface area contributed by atoms with E-state index in [2.05, 4.69) is 10.6 Å². The summed E-state index contributed by atoms with van der Waals surface area (Å²) in [6, 6.07) is -0.470. The molecule has 6 nitrogen and oxygen atoms in total. The predicted octanol–water partition coefficient (Wildman–Crippen LogP) is 0.115. The van der Waals surface area contributed by atoms with E-state index in [1.807, 2.05) is 0 Å². The van der Waals surface area contributed by atoms with Gasteiger partial charge in [0.05, 0.1) is 13.0 Å². The van der Waals surface area contributed by atoms with Crippen LogP contribution >= 0.6 is 0 Å². The van der Waals surface area contributed by atoms with Crippen molar-refractivity contribution in [1.82, 2.24) is 10.6 Å². The van der Waals surface area contributed by atoms with Gasteiger partial charge in [-0.3, -0.25) is 14.4 Å². The Morgan fingerprint density at radius 2 is 2.17 bits per heavy atom. The number of amides is 2. The summed E-state index contributed by atoms with van der Waals surface area (Å²) in [5.74, 6) is -0.819. The van der Waals surface area contributed by atoms with E-state index in [0.29, 0.717) is 19.6 Å². The highest BCUT2D eigenvalue weighted by Gasteiger charge is 2.22. The number of carbonyl (C=O) groups excluding carboxylic acids is 3. The zero-order valence-corrected chi connectivity index (χ0v) is 10.7. The minimum atomic E-state index is -0.470. The molecule has 0 bridgehead atoms. The fourth-order valence-corrected chi connectivity index (χ4v) is 1.79. The van der Waals surface area contributed by atoms with Crippen LogP contribution in [0.15, 0.2) is 0 Å². The van der Waals surface area contributed by atoms with Crippen LogP contribution in [0.25, 0.3) is 0 Å². The van der Waals surface area contributed by atoms with E-state index in [1.165, 1.54) is 0 Å². The molecule has 1 aliphatic heterocycles. The van der Waals surface area contributed by atoms with Gasteiger partial charge in [0.25, 0.3) is 0 Å². The van der Waals surface area contributed by atoms with Crippen molar-refractivity contribution < 1.29 is 19.1 Å². The van der Waals surface area contributed by atoms with E-state index in [9.17, 15) is 14.4 Å². The van der Waals surface area contributed by atoms with Gasteiger partial charge >= 0.3 is 5.97 Å². The molecule has 1 fully saturated rings. The number of ether oxygens (including phenoxy) is 1. The van der Waals surface area contributed by atoms with E-state index in [1.54, 1.807) is 6.92 Å². The van der Waals surface area contributed by atoms with Gasteiger partial charge in [-0.15, -0.1) is 0 Å². The molecule has 6 heteroatoms. The third-order valence-corrected chi connectivity index (χ3v) is 2.73. The van der Waals surface area contributed by atoms with Crippen LogP contribution in [0.2, 0.25) is 0 Å². The average Bonchev–Trinajstić information content (AvgIpc) is 2.53. The van der Waals surface area contributed by atoms with Gasteiger partial charge in [0.2, 0.25) is 11.8 Å². The molecule has 1 heterocycles. The second-order valence-corrected chi connectivity index (χ2v) is 4.21. The first-order valence-electron chi connectivity index (χ1n) is 6.36. The largest absolute Gasteiger partial charge is 0.466 e. The van der Waals surface area contributed by atoms with Crippen LogP contribution in [0.1, 0.15) is 39.0 Å². The van der Waals surface area contributed by atoms with Crippen molar-refractivity contribution in [2.45, 2.75) is 45.1 Å². The summed E-state index contributed by atoms with van der Waals surface area (Å²) >= 11 is 0. The topological polar surface area (TPSA) is 84.5 Å². The number of hydrogen-bond acceptors (Lipinski definition) is 4. The molecule has 0 radical (unpaired) electrons. The van der Waals surface area contributed by atoms with Crippen molar-refractivity contribution in [1.29, 1.82) is 0 Å². The highest BCUT2D eigenvalue weighted by Crippen LogP contribution is 2.06. The minimum Gasteiger partial charge on any atom is -0.466 e. The first-order chi connectivity index (χ1) is 8.63. The summed E-state index contributed by atoms with van der Waals surface area (Å²) in [5, 5.41) is 5.39. The molecule has 1 atom stereocenters. The first-order valence-corrected chi connectivity index (χ1v) is 6.36. The van der Waals surface area contributed by atoms with Crippen LogP contribution in [0.5, 0.6) is 0 Å². The van der Waals surface area contributed by atoms with Crippen LogP contribution in [-0.4, -0.2) is 37.0 Å². The van der Waals surface area contributed by atoms with Crippen LogP contribution in [0, 0.1) is 0 Å². The van der Waals surface area contributed by atoms with E-state index in [4.69, 9.17) is 4.74 Å². The van der Waals surface area contributed by atoms with Crippen LogP contribution in [0.3, 0.4) is 0 Å². The Morgan fingerprint density at radius 3 is 2.89 bits per heavy atom. The van der Waals surface area contributed by atoms with Crippen molar-refractivity contribution in [2.75, 3.05) is 13.2 Å². The maximum atomic E-state index is 11.6. The third-order valence-electron chi connectivity index (χ3n) is 2.73. The highest BCUT2D eigenvalue weighted by atomic mass is 16.5. The number of esters is 1. The minimum absolute atomic E-state index is 0.0496. The van der Waals surface area contributed by atoms with Crippen molar-refractivity contribution in [2.24, 2.45) is 0 Å². The van der Waals surface area contributed by atoms with Gasteiger partial charge in [-0.1, -0.05) is 0 Å². The number of rotatable bonds is 5. The quantitative estimate of drug-likeness (QED) is 0.684. The van der Waals surface area contributed by atoms with E-state index in [0.717, 1.165) is 12.8 Å². The molecule has 1 rings (SSSR count). The summed E-state index contributed by atoms with van der Waals surface area (Å²) in [4.78, 5) is 34.2. The normalized spacial score (nSPS) is 19.6. The molecular formula is C12H20N2O4. The summed E-state index contributed by atoms with van der Waals surface area (Å²) < 4.78 is 4.73. The Balaban J connectivity index is 2.30. The molecule has 0 aromatic rings. The fraction of sp³-hybridized carbons (Fsp3) is 0.750. The van der Waals surface area contributed by atoms with Gasteiger partial charge < -0.3 is 15.4 Å². The summed E-state index contributed by atoms with van der Waals surface area (Å²) in [6.07, 6.45) is 2.59. The Kier molecular flexibility index (Phi) is 6.18. The lowest BCUT2D eigenvalue weighted by Crippen LogP contribution is -2.45. The monoisotopic (exact) mass is 256 g/mol. The highest BCUT2D eigenvalue weighted by molar-refractivity contribution is 5.88. The summed E-state index contributed by atoms with van der Waals surface area (Å²) in [5.41, 5.74) is 0. The third kappa shape index (κ3) is 5.16. The maximum Gasteiger partial charge on any atom is 0.306 e. The maximum absolute atomic E-state index is 11.6. The van der Waals surface area contributed by atoms with E-state index >= 15 is 0 Å².